The van der Waals surface area contributed by atoms with Gasteiger partial charge in [-0.15, -0.1) is 11.3 Å². The normalized spacial score (nSPS) is 11.0. The highest BCUT2D eigenvalue weighted by Crippen LogP contribution is 2.17. The van der Waals surface area contributed by atoms with Crippen LogP contribution >= 0.6 is 22.9 Å². The number of nitrogens with zero attached hydrogens (tertiary/aromatic N) is 1. The number of anilines is 1. The lowest BCUT2D eigenvalue weighted by Gasteiger charge is -2.20. The molecule has 0 fully saturated rings. The van der Waals surface area contributed by atoms with Gasteiger partial charge in [-0.2, -0.15) is 0 Å². The van der Waals surface area contributed by atoms with E-state index >= 15 is 0 Å². The first-order valence-corrected chi connectivity index (χ1v) is 9.27. The Balaban J connectivity index is 1.56. The fraction of sp³-hybridized carbons (Fsp3) is 0.211. The van der Waals surface area contributed by atoms with Crippen molar-refractivity contribution in [1.29, 1.82) is 0 Å². The summed E-state index contributed by atoms with van der Waals surface area (Å²) in [7, 11) is 0. The molecule has 3 rings (SSSR count). The van der Waals surface area contributed by atoms with Crippen LogP contribution in [0.25, 0.3) is 0 Å². The van der Waals surface area contributed by atoms with Crippen molar-refractivity contribution in [3.63, 3.8) is 0 Å². The molecular weight excluding hydrogens is 356 g/mol. The summed E-state index contributed by atoms with van der Waals surface area (Å²) in [5.74, 6) is 0.865. The van der Waals surface area contributed by atoms with Crippen molar-refractivity contribution in [2.75, 3.05) is 11.9 Å². The Kier molecular flexibility index (Phi) is 6.28. The topological polar surface area (TPSA) is 45.5 Å². The minimum absolute atomic E-state index is 0.0297. The Bertz CT molecular complexity index is 751. The van der Waals surface area contributed by atoms with Gasteiger partial charge in [0.2, 0.25) is 5.91 Å². The van der Waals surface area contributed by atoms with Gasteiger partial charge < -0.3 is 9.73 Å². The Morgan fingerprint density at radius 2 is 2.08 bits per heavy atom. The monoisotopic (exact) mass is 374 g/mol. The number of rotatable bonds is 8. The molecule has 0 bridgehead atoms. The average Bonchev–Trinajstić information content (AvgIpc) is 3.26. The van der Waals surface area contributed by atoms with Crippen molar-refractivity contribution in [1.82, 2.24) is 4.90 Å². The zero-order chi connectivity index (χ0) is 17.5. The van der Waals surface area contributed by atoms with Crippen molar-refractivity contribution in [2.24, 2.45) is 0 Å². The molecule has 0 aliphatic rings. The fourth-order valence-electron chi connectivity index (χ4n) is 2.51. The summed E-state index contributed by atoms with van der Waals surface area (Å²) in [6, 6.07) is 15.1. The summed E-state index contributed by atoms with van der Waals surface area (Å²) >= 11 is 7.66. The summed E-state index contributed by atoms with van der Waals surface area (Å²) in [6.45, 7) is 2.11. The molecule has 25 heavy (non-hydrogen) atoms. The molecule has 2 heterocycles. The van der Waals surface area contributed by atoms with E-state index in [1.54, 1.807) is 29.7 Å². The predicted molar refractivity (Wildman–Crippen MR) is 102 cm³/mol. The summed E-state index contributed by atoms with van der Waals surface area (Å²) in [5, 5.41) is 5.55. The number of carbonyl (C=O) groups is 1. The highest BCUT2D eigenvalue weighted by molar-refractivity contribution is 7.09. The number of amides is 1. The van der Waals surface area contributed by atoms with E-state index in [9.17, 15) is 4.79 Å². The van der Waals surface area contributed by atoms with Crippen molar-refractivity contribution < 1.29 is 9.21 Å². The van der Waals surface area contributed by atoms with Gasteiger partial charge in [-0.25, -0.2) is 0 Å². The van der Waals surface area contributed by atoms with Crippen LogP contribution in [0.4, 0.5) is 5.69 Å². The molecule has 0 aliphatic carbocycles. The SMILES string of the molecule is O=C(CCN(Cc1ccco1)Cc1cccs1)Nc1cccc(Cl)c1. The molecule has 0 radical (unpaired) electrons. The molecule has 6 heteroatoms. The highest BCUT2D eigenvalue weighted by Gasteiger charge is 2.12. The lowest BCUT2D eigenvalue weighted by molar-refractivity contribution is -0.116. The number of thiophene rings is 1. The van der Waals surface area contributed by atoms with E-state index in [4.69, 9.17) is 16.0 Å². The number of hydrogen-bond acceptors (Lipinski definition) is 4. The van der Waals surface area contributed by atoms with Crippen molar-refractivity contribution >= 4 is 34.5 Å². The Morgan fingerprint density at radius 3 is 2.80 bits per heavy atom. The average molecular weight is 375 g/mol. The number of furan rings is 1. The zero-order valence-corrected chi connectivity index (χ0v) is 15.2. The van der Waals surface area contributed by atoms with Crippen molar-refractivity contribution in [3.05, 3.63) is 75.8 Å². The van der Waals surface area contributed by atoms with E-state index in [1.165, 1.54) is 4.88 Å². The van der Waals surface area contributed by atoms with Crippen LogP contribution < -0.4 is 5.32 Å². The van der Waals surface area contributed by atoms with Gasteiger partial charge in [0.05, 0.1) is 12.8 Å². The van der Waals surface area contributed by atoms with Gasteiger partial charge in [-0.05, 0) is 41.8 Å². The van der Waals surface area contributed by atoms with Crippen LogP contribution in [-0.2, 0) is 17.9 Å². The first kappa shape index (κ1) is 17.7. The van der Waals surface area contributed by atoms with Gasteiger partial charge in [0.25, 0.3) is 0 Å². The first-order chi connectivity index (χ1) is 12.2. The van der Waals surface area contributed by atoms with Crippen LogP contribution in [0.15, 0.2) is 64.6 Å². The lowest BCUT2D eigenvalue weighted by atomic mass is 10.3. The van der Waals surface area contributed by atoms with Crippen molar-refractivity contribution in [2.45, 2.75) is 19.5 Å². The van der Waals surface area contributed by atoms with Gasteiger partial charge >= 0.3 is 0 Å². The highest BCUT2D eigenvalue weighted by atomic mass is 35.5. The lowest BCUT2D eigenvalue weighted by Crippen LogP contribution is -2.27. The summed E-state index contributed by atoms with van der Waals surface area (Å²) in [4.78, 5) is 15.7. The number of hydrogen-bond donors (Lipinski definition) is 1. The van der Waals surface area contributed by atoms with E-state index in [2.05, 4.69) is 21.7 Å². The largest absolute Gasteiger partial charge is 0.468 e. The Hall–Kier alpha value is -2.08. The minimum Gasteiger partial charge on any atom is -0.468 e. The number of nitrogens with one attached hydrogen (secondary N) is 1. The van der Waals surface area contributed by atoms with Gasteiger partial charge in [-0.3, -0.25) is 9.69 Å². The molecule has 3 aromatic rings. The van der Waals surface area contributed by atoms with Crippen molar-refractivity contribution in [3.8, 4) is 0 Å². The third-order valence-corrected chi connectivity index (χ3v) is 4.78. The van der Waals surface area contributed by atoms with Crippen LogP contribution in [0, 0.1) is 0 Å². The number of halogens is 1. The smallest absolute Gasteiger partial charge is 0.225 e. The second-order valence-corrected chi connectivity index (χ2v) is 7.15. The van der Waals surface area contributed by atoms with E-state index in [0.717, 1.165) is 12.3 Å². The Labute approximate surface area is 156 Å². The molecule has 0 atom stereocenters. The first-order valence-electron chi connectivity index (χ1n) is 8.01. The summed E-state index contributed by atoms with van der Waals surface area (Å²) in [6.07, 6.45) is 2.07. The third kappa shape index (κ3) is 5.74. The maximum absolute atomic E-state index is 12.2. The van der Waals surface area contributed by atoms with Gasteiger partial charge in [-0.1, -0.05) is 23.7 Å². The molecule has 0 saturated carbocycles. The summed E-state index contributed by atoms with van der Waals surface area (Å²) in [5.41, 5.74) is 0.716. The van der Waals surface area contributed by atoms with Crippen LogP contribution in [0.3, 0.4) is 0 Å². The van der Waals surface area contributed by atoms with E-state index < -0.39 is 0 Å². The molecule has 130 valence electrons. The molecular formula is C19H19ClN2O2S. The standard InChI is InChI=1S/C19H19ClN2O2S/c20-15-4-1-5-16(12-15)21-19(23)8-9-22(13-17-6-2-10-24-17)14-18-7-3-11-25-18/h1-7,10-12H,8-9,13-14H2,(H,21,23). The quantitative estimate of drug-likeness (QED) is 0.601. The van der Waals surface area contributed by atoms with Crippen LogP contribution in [0.2, 0.25) is 5.02 Å². The minimum atomic E-state index is -0.0297. The van der Waals surface area contributed by atoms with E-state index in [1.807, 2.05) is 30.3 Å². The molecule has 0 unspecified atom stereocenters. The second kappa shape index (κ2) is 8.85. The molecule has 1 aromatic carbocycles. The predicted octanol–water partition coefficient (Wildman–Crippen LogP) is 5.03. The maximum atomic E-state index is 12.2. The van der Waals surface area contributed by atoms with Gasteiger partial charge in [0.1, 0.15) is 5.76 Å². The molecule has 0 aliphatic heterocycles. The van der Waals surface area contributed by atoms with Crippen LogP contribution in [-0.4, -0.2) is 17.4 Å². The number of carbonyl (C=O) groups excluding carboxylic acids is 1. The molecule has 4 nitrogen and oxygen atoms in total. The van der Waals surface area contributed by atoms with E-state index in [0.29, 0.717) is 30.2 Å². The van der Waals surface area contributed by atoms with Crippen LogP contribution in [0.5, 0.6) is 0 Å². The molecule has 1 N–H and O–H groups in total. The summed E-state index contributed by atoms with van der Waals surface area (Å²) < 4.78 is 5.45. The van der Waals surface area contributed by atoms with Gasteiger partial charge in [0, 0.05) is 35.1 Å². The molecule has 1 amide bonds. The molecule has 0 spiro atoms. The van der Waals surface area contributed by atoms with Crippen LogP contribution in [0.1, 0.15) is 17.1 Å². The maximum Gasteiger partial charge on any atom is 0.225 e. The molecule has 0 saturated heterocycles. The number of benzene rings is 1. The van der Waals surface area contributed by atoms with Gasteiger partial charge in [0.15, 0.2) is 0 Å². The second-order valence-electron chi connectivity index (χ2n) is 5.68. The zero-order valence-electron chi connectivity index (χ0n) is 13.7. The third-order valence-electron chi connectivity index (χ3n) is 3.68. The fourth-order valence-corrected chi connectivity index (χ4v) is 3.45. The molecule has 2 aromatic heterocycles. The Morgan fingerprint density at radius 1 is 1.16 bits per heavy atom. The van der Waals surface area contributed by atoms with E-state index in [-0.39, 0.29) is 5.91 Å².